The highest BCUT2D eigenvalue weighted by atomic mass is 16.7. The Hall–Kier alpha value is -2.72. The van der Waals surface area contributed by atoms with E-state index in [1.807, 2.05) is 6.07 Å². The molecule has 2 N–H and O–H groups in total. The number of rotatable bonds is 4. The smallest absolute Gasteiger partial charge is 0.0934 e. The van der Waals surface area contributed by atoms with Crippen LogP contribution in [0.3, 0.4) is 0 Å². The van der Waals surface area contributed by atoms with Gasteiger partial charge in [-0.15, -0.1) is 0 Å². The molecule has 0 spiro atoms. The zero-order chi connectivity index (χ0) is 18.9. The molecule has 1 aliphatic heterocycles. The SMILES string of the molecule is NC[C@H]1C[C@H](c2cc3ccccc3c3ccccc23)N(Cc2ccccc2)O1. The van der Waals surface area contributed by atoms with Crippen molar-refractivity contribution in [2.24, 2.45) is 5.73 Å². The van der Waals surface area contributed by atoms with Gasteiger partial charge < -0.3 is 5.73 Å². The number of benzene rings is 4. The van der Waals surface area contributed by atoms with Gasteiger partial charge >= 0.3 is 0 Å². The van der Waals surface area contributed by atoms with Gasteiger partial charge in [-0.2, -0.15) is 5.06 Å². The van der Waals surface area contributed by atoms with Gasteiger partial charge in [0.25, 0.3) is 0 Å². The second kappa shape index (κ2) is 7.36. The first-order valence-electron chi connectivity index (χ1n) is 9.91. The van der Waals surface area contributed by atoms with Gasteiger partial charge in [0.15, 0.2) is 0 Å². The summed E-state index contributed by atoms with van der Waals surface area (Å²) in [5.74, 6) is 0. The van der Waals surface area contributed by atoms with Crippen LogP contribution in [0.15, 0.2) is 84.9 Å². The first-order valence-corrected chi connectivity index (χ1v) is 9.91. The highest BCUT2D eigenvalue weighted by Crippen LogP contribution is 2.40. The second-order valence-corrected chi connectivity index (χ2v) is 7.51. The summed E-state index contributed by atoms with van der Waals surface area (Å²) < 4.78 is 0. The number of hydrogen-bond acceptors (Lipinski definition) is 3. The van der Waals surface area contributed by atoms with E-state index in [0.717, 1.165) is 13.0 Å². The van der Waals surface area contributed by atoms with Crippen LogP contribution < -0.4 is 5.73 Å². The molecule has 0 saturated carbocycles. The maximum absolute atomic E-state index is 6.25. The van der Waals surface area contributed by atoms with Crippen molar-refractivity contribution >= 4 is 21.5 Å². The quantitative estimate of drug-likeness (QED) is 0.503. The average Bonchev–Trinajstić information content (AvgIpc) is 3.16. The van der Waals surface area contributed by atoms with E-state index >= 15 is 0 Å². The van der Waals surface area contributed by atoms with Crippen LogP contribution in [-0.2, 0) is 11.4 Å². The standard InChI is InChI=1S/C25H24N2O/c26-16-20-15-25(27(28-20)17-18-8-2-1-3-9-18)24-14-19-10-4-5-11-21(19)22-12-6-7-13-23(22)24/h1-14,20,25H,15-17,26H2/t20-,25-/m1/s1. The van der Waals surface area contributed by atoms with Crippen molar-refractivity contribution < 1.29 is 4.84 Å². The van der Waals surface area contributed by atoms with Crippen molar-refractivity contribution in [3.63, 3.8) is 0 Å². The third kappa shape index (κ3) is 3.08. The third-order valence-electron chi connectivity index (χ3n) is 5.72. The summed E-state index contributed by atoms with van der Waals surface area (Å²) in [5.41, 5.74) is 8.55. The van der Waals surface area contributed by atoms with E-state index in [1.165, 1.54) is 32.7 Å². The molecule has 3 nitrogen and oxygen atoms in total. The fraction of sp³-hybridized carbons (Fsp3) is 0.200. The minimum atomic E-state index is 0.0546. The van der Waals surface area contributed by atoms with Crippen LogP contribution in [0.4, 0.5) is 0 Å². The van der Waals surface area contributed by atoms with Gasteiger partial charge in [-0.25, -0.2) is 0 Å². The van der Waals surface area contributed by atoms with E-state index in [2.05, 4.69) is 83.9 Å². The van der Waals surface area contributed by atoms with E-state index in [1.54, 1.807) is 0 Å². The molecule has 3 heteroatoms. The number of hydrogen-bond donors (Lipinski definition) is 1. The summed E-state index contributed by atoms with van der Waals surface area (Å²) in [4.78, 5) is 6.25. The van der Waals surface area contributed by atoms with Crippen molar-refractivity contribution in [2.75, 3.05) is 6.54 Å². The molecule has 1 fully saturated rings. The molecule has 0 radical (unpaired) electrons. The Bertz CT molecular complexity index is 1110. The van der Waals surface area contributed by atoms with Crippen molar-refractivity contribution in [1.29, 1.82) is 0 Å². The Labute approximate surface area is 165 Å². The largest absolute Gasteiger partial charge is 0.328 e. The average molecular weight is 368 g/mol. The van der Waals surface area contributed by atoms with Crippen LogP contribution >= 0.6 is 0 Å². The molecule has 0 amide bonds. The lowest BCUT2D eigenvalue weighted by Gasteiger charge is -2.25. The van der Waals surface area contributed by atoms with Gasteiger partial charge in [0.2, 0.25) is 0 Å². The lowest BCUT2D eigenvalue weighted by atomic mass is 9.91. The van der Waals surface area contributed by atoms with Crippen LogP contribution in [0, 0.1) is 0 Å². The summed E-state index contributed by atoms with van der Waals surface area (Å²) in [7, 11) is 0. The summed E-state index contributed by atoms with van der Waals surface area (Å²) >= 11 is 0. The molecule has 1 saturated heterocycles. The lowest BCUT2D eigenvalue weighted by Crippen LogP contribution is -2.24. The molecule has 0 aromatic heterocycles. The number of nitrogens with two attached hydrogens (primary N) is 1. The highest BCUT2D eigenvalue weighted by Gasteiger charge is 2.35. The molecule has 1 aliphatic rings. The van der Waals surface area contributed by atoms with E-state index < -0.39 is 0 Å². The van der Waals surface area contributed by atoms with Gasteiger partial charge in [-0.3, -0.25) is 4.84 Å². The van der Waals surface area contributed by atoms with E-state index in [-0.39, 0.29) is 12.1 Å². The molecular formula is C25H24N2O. The third-order valence-corrected chi connectivity index (χ3v) is 5.72. The molecule has 0 bridgehead atoms. The molecule has 0 aliphatic carbocycles. The van der Waals surface area contributed by atoms with Crippen molar-refractivity contribution in [1.82, 2.24) is 5.06 Å². The molecule has 4 aromatic carbocycles. The van der Waals surface area contributed by atoms with Crippen LogP contribution in [0.5, 0.6) is 0 Å². The summed E-state index contributed by atoms with van der Waals surface area (Å²) in [5, 5.41) is 7.29. The molecule has 0 unspecified atom stereocenters. The zero-order valence-electron chi connectivity index (χ0n) is 15.8. The molecule has 4 aromatic rings. The normalized spacial score (nSPS) is 20.2. The van der Waals surface area contributed by atoms with Gasteiger partial charge in [-0.1, -0.05) is 78.9 Å². The number of hydroxylamine groups is 2. The minimum Gasteiger partial charge on any atom is -0.328 e. The van der Waals surface area contributed by atoms with E-state index in [0.29, 0.717) is 6.54 Å². The zero-order valence-corrected chi connectivity index (χ0v) is 15.8. The molecule has 1 heterocycles. The van der Waals surface area contributed by atoms with Gasteiger partial charge in [-0.05, 0) is 45.2 Å². The number of fused-ring (bicyclic) bond motifs is 3. The summed E-state index contributed by atoms with van der Waals surface area (Å²) in [6.07, 6.45) is 0.963. The van der Waals surface area contributed by atoms with Gasteiger partial charge in [0, 0.05) is 13.1 Å². The van der Waals surface area contributed by atoms with E-state index in [4.69, 9.17) is 10.6 Å². The second-order valence-electron chi connectivity index (χ2n) is 7.51. The predicted octanol–water partition coefficient (Wildman–Crippen LogP) is 5.20. The fourth-order valence-corrected chi connectivity index (χ4v) is 4.37. The monoisotopic (exact) mass is 368 g/mol. The van der Waals surface area contributed by atoms with Gasteiger partial charge in [0.1, 0.15) is 0 Å². The lowest BCUT2D eigenvalue weighted by molar-refractivity contribution is -0.167. The molecule has 2 atom stereocenters. The van der Waals surface area contributed by atoms with Crippen LogP contribution in [0.25, 0.3) is 21.5 Å². The molecule has 5 rings (SSSR count). The first kappa shape index (κ1) is 17.4. The Morgan fingerprint density at radius 3 is 2.29 bits per heavy atom. The Kier molecular flexibility index (Phi) is 4.57. The Morgan fingerprint density at radius 1 is 0.821 bits per heavy atom. The van der Waals surface area contributed by atoms with Crippen LogP contribution in [0.1, 0.15) is 23.6 Å². The summed E-state index contributed by atoms with van der Waals surface area (Å²) in [6, 6.07) is 30.3. The highest BCUT2D eigenvalue weighted by molar-refractivity contribution is 6.09. The van der Waals surface area contributed by atoms with Crippen LogP contribution in [-0.4, -0.2) is 17.7 Å². The molecular weight excluding hydrogens is 344 g/mol. The van der Waals surface area contributed by atoms with E-state index in [9.17, 15) is 0 Å². The van der Waals surface area contributed by atoms with Crippen molar-refractivity contribution in [2.45, 2.75) is 25.1 Å². The van der Waals surface area contributed by atoms with Crippen molar-refractivity contribution in [3.05, 3.63) is 96.1 Å². The molecule has 28 heavy (non-hydrogen) atoms. The topological polar surface area (TPSA) is 38.5 Å². The maximum Gasteiger partial charge on any atom is 0.0934 e. The molecule has 140 valence electrons. The van der Waals surface area contributed by atoms with Crippen LogP contribution in [0.2, 0.25) is 0 Å². The predicted molar refractivity (Wildman–Crippen MR) is 115 cm³/mol. The Balaban J connectivity index is 1.63. The fourth-order valence-electron chi connectivity index (χ4n) is 4.37. The minimum absolute atomic E-state index is 0.0546. The first-order chi connectivity index (χ1) is 13.8. The summed E-state index contributed by atoms with van der Waals surface area (Å²) in [6.45, 7) is 1.29. The van der Waals surface area contributed by atoms with Gasteiger partial charge in [0.05, 0.1) is 12.1 Å². The maximum atomic E-state index is 6.25. The number of nitrogens with zero attached hydrogens (tertiary/aromatic N) is 1. The Morgan fingerprint density at radius 2 is 1.50 bits per heavy atom. The van der Waals surface area contributed by atoms with Crippen molar-refractivity contribution in [3.8, 4) is 0 Å².